The van der Waals surface area contributed by atoms with Gasteiger partial charge in [-0.25, -0.2) is 4.68 Å². The average molecular weight is 366 g/mol. The number of benzene rings is 2. The molecule has 0 aliphatic carbocycles. The Balaban J connectivity index is 2.06. The minimum absolute atomic E-state index is 0.198. The standard InChI is InChI=1S/C17H11ClF3N3O/c18-12-6-8-13(9-7-12)24-14(11-4-2-1-3-5-11)10-15(23-24)22-16(25)17(19,20)21/h1-10H,(H,22,23,25). The second-order valence-corrected chi connectivity index (χ2v) is 5.56. The van der Waals surface area contributed by atoms with Gasteiger partial charge in [0.1, 0.15) is 0 Å². The van der Waals surface area contributed by atoms with Crippen LogP contribution in [0.3, 0.4) is 0 Å². The SMILES string of the molecule is O=C(Nc1cc(-c2ccccc2)n(-c2ccc(Cl)cc2)n1)C(F)(F)F. The summed E-state index contributed by atoms with van der Waals surface area (Å²) in [6, 6.07) is 17.0. The predicted molar refractivity (Wildman–Crippen MR) is 88.7 cm³/mol. The van der Waals surface area contributed by atoms with Crippen molar-refractivity contribution in [1.82, 2.24) is 9.78 Å². The zero-order valence-electron chi connectivity index (χ0n) is 12.6. The molecule has 1 N–H and O–H groups in total. The van der Waals surface area contributed by atoms with Crippen LogP contribution in [-0.2, 0) is 4.79 Å². The monoisotopic (exact) mass is 365 g/mol. The number of aromatic nitrogens is 2. The highest BCUT2D eigenvalue weighted by Crippen LogP contribution is 2.27. The van der Waals surface area contributed by atoms with Gasteiger partial charge in [0.2, 0.25) is 0 Å². The summed E-state index contributed by atoms with van der Waals surface area (Å²) in [6.45, 7) is 0. The molecule has 3 rings (SSSR count). The summed E-state index contributed by atoms with van der Waals surface area (Å²) in [6.07, 6.45) is -4.99. The van der Waals surface area contributed by atoms with Gasteiger partial charge in [0.15, 0.2) is 5.82 Å². The second kappa shape index (κ2) is 6.60. The number of hydrogen-bond donors (Lipinski definition) is 1. The molecule has 3 aromatic rings. The molecule has 0 bridgehead atoms. The molecule has 0 aliphatic rings. The van der Waals surface area contributed by atoms with Gasteiger partial charge in [0.05, 0.1) is 11.4 Å². The minimum Gasteiger partial charge on any atom is -0.301 e. The van der Waals surface area contributed by atoms with E-state index in [4.69, 9.17) is 11.6 Å². The fourth-order valence-corrected chi connectivity index (χ4v) is 2.35. The van der Waals surface area contributed by atoms with E-state index >= 15 is 0 Å². The van der Waals surface area contributed by atoms with Crippen molar-refractivity contribution in [2.45, 2.75) is 6.18 Å². The first-order valence-electron chi connectivity index (χ1n) is 7.14. The Morgan fingerprint density at radius 3 is 2.28 bits per heavy atom. The molecule has 0 atom stereocenters. The van der Waals surface area contributed by atoms with E-state index < -0.39 is 12.1 Å². The van der Waals surface area contributed by atoms with E-state index in [1.54, 1.807) is 53.8 Å². The highest BCUT2D eigenvalue weighted by Gasteiger charge is 2.39. The van der Waals surface area contributed by atoms with Crippen LogP contribution in [0.1, 0.15) is 0 Å². The summed E-state index contributed by atoms with van der Waals surface area (Å²) in [5, 5.41) is 6.37. The van der Waals surface area contributed by atoms with Crippen molar-refractivity contribution < 1.29 is 18.0 Å². The molecule has 0 spiro atoms. The van der Waals surface area contributed by atoms with Gasteiger partial charge in [-0.1, -0.05) is 41.9 Å². The molecule has 0 aliphatic heterocycles. The molecule has 25 heavy (non-hydrogen) atoms. The summed E-state index contributed by atoms with van der Waals surface area (Å²) in [7, 11) is 0. The maximum absolute atomic E-state index is 12.5. The summed E-state index contributed by atoms with van der Waals surface area (Å²) in [4.78, 5) is 11.2. The molecule has 0 saturated heterocycles. The minimum atomic E-state index is -4.99. The lowest BCUT2D eigenvalue weighted by Gasteiger charge is -2.07. The van der Waals surface area contributed by atoms with E-state index in [2.05, 4.69) is 5.10 Å². The Morgan fingerprint density at radius 2 is 1.68 bits per heavy atom. The number of amides is 1. The molecule has 0 saturated carbocycles. The van der Waals surface area contributed by atoms with Crippen LogP contribution < -0.4 is 5.32 Å². The second-order valence-electron chi connectivity index (χ2n) is 5.12. The summed E-state index contributed by atoms with van der Waals surface area (Å²) >= 11 is 5.87. The normalized spacial score (nSPS) is 11.4. The molecule has 128 valence electrons. The van der Waals surface area contributed by atoms with Crippen molar-refractivity contribution in [3.8, 4) is 16.9 Å². The van der Waals surface area contributed by atoms with Gasteiger partial charge in [-0.15, -0.1) is 5.10 Å². The highest BCUT2D eigenvalue weighted by atomic mass is 35.5. The zero-order valence-corrected chi connectivity index (χ0v) is 13.3. The highest BCUT2D eigenvalue weighted by molar-refractivity contribution is 6.30. The van der Waals surface area contributed by atoms with E-state index in [1.807, 2.05) is 6.07 Å². The number of halogens is 4. The summed E-state index contributed by atoms with van der Waals surface area (Å²) < 4.78 is 38.9. The third-order valence-electron chi connectivity index (χ3n) is 3.35. The molecular weight excluding hydrogens is 355 g/mol. The van der Waals surface area contributed by atoms with Crippen molar-refractivity contribution in [2.75, 3.05) is 5.32 Å². The van der Waals surface area contributed by atoms with Crippen molar-refractivity contribution in [1.29, 1.82) is 0 Å². The van der Waals surface area contributed by atoms with E-state index in [0.717, 1.165) is 5.56 Å². The van der Waals surface area contributed by atoms with Crippen molar-refractivity contribution >= 4 is 23.3 Å². The molecule has 1 heterocycles. The average Bonchev–Trinajstić information content (AvgIpc) is 2.99. The van der Waals surface area contributed by atoms with E-state index in [0.29, 0.717) is 16.4 Å². The summed E-state index contributed by atoms with van der Waals surface area (Å²) in [5.74, 6) is -2.27. The molecular formula is C17H11ClF3N3O. The van der Waals surface area contributed by atoms with Crippen LogP contribution in [0, 0.1) is 0 Å². The van der Waals surface area contributed by atoms with Gasteiger partial charge >= 0.3 is 12.1 Å². The van der Waals surface area contributed by atoms with Gasteiger partial charge in [0.25, 0.3) is 0 Å². The Bertz CT molecular complexity index is 890. The third kappa shape index (κ3) is 3.83. The lowest BCUT2D eigenvalue weighted by Crippen LogP contribution is -2.30. The van der Waals surface area contributed by atoms with E-state index in [-0.39, 0.29) is 5.82 Å². The van der Waals surface area contributed by atoms with Crippen LogP contribution in [-0.4, -0.2) is 21.9 Å². The van der Waals surface area contributed by atoms with Gasteiger partial charge in [-0.05, 0) is 24.3 Å². The van der Waals surface area contributed by atoms with Crippen LogP contribution in [0.5, 0.6) is 0 Å². The number of carbonyl (C=O) groups excluding carboxylic acids is 1. The quantitative estimate of drug-likeness (QED) is 0.731. The maximum atomic E-state index is 12.5. The number of alkyl halides is 3. The number of anilines is 1. The van der Waals surface area contributed by atoms with Crippen LogP contribution in [0.15, 0.2) is 60.7 Å². The first kappa shape index (κ1) is 17.0. The molecule has 4 nitrogen and oxygen atoms in total. The maximum Gasteiger partial charge on any atom is 0.471 e. The Morgan fingerprint density at radius 1 is 1.04 bits per heavy atom. The van der Waals surface area contributed by atoms with E-state index in [1.165, 1.54) is 10.7 Å². The Kier molecular flexibility index (Phi) is 4.50. The summed E-state index contributed by atoms with van der Waals surface area (Å²) in [5.41, 5.74) is 1.86. The topological polar surface area (TPSA) is 46.9 Å². The smallest absolute Gasteiger partial charge is 0.301 e. The number of rotatable bonds is 3. The van der Waals surface area contributed by atoms with Crippen molar-refractivity contribution in [3.05, 3.63) is 65.7 Å². The number of hydrogen-bond acceptors (Lipinski definition) is 2. The third-order valence-corrected chi connectivity index (χ3v) is 3.60. The number of nitrogens with one attached hydrogen (secondary N) is 1. The fraction of sp³-hybridized carbons (Fsp3) is 0.0588. The largest absolute Gasteiger partial charge is 0.471 e. The molecule has 1 aromatic heterocycles. The fourth-order valence-electron chi connectivity index (χ4n) is 2.22. The van der Waals surface area contributed by atoms with E-state index in [9.17, 15) is 18.0 Å². The van der Waals surface area contributed by atoms with Crippen molar-refractivity contribution in [2.24, 2.45) is 0 Å². The molecule has 1 amide bonds. The lowest BCUT2D eigenvalue weighted by molar-refractivity contribution is -0.167. The zero-order chi connectivity index (χ0) is 18.0. The number of nitrogens with zero attached hydrogens (tertiary/aromatic N) is 2. The molecule has 8 heteroatoms. The lowest BCUT2D eigenvalue weighted by atomic mass is 10.1. The van der Waals surface area contributed by atoms with Crippen molar-refractivity contribution in [3.63, 3.8) is 0 Å². The van der Waals surface area contributed by atoms with Crippen LogP contribution >= 0.6 is 11.6 Å². The Labute approximate surface area is 145 Å². The predicted octanol–water partition coefficient (Wildman–Crippen LogP) is 4.69. The van der Waals surface area contributed by atoms with Crippen LogP contribution in [0.4, 0.5) is 19.0 Å². The van der Waals surface area contributed by atoms with Gasteiger partial charge in [0, 0.05) is 16.7 Å². The van der Waals surface area contributed by atoms with Gasteiger partial charge < -0.3 is 5.32 Å². The Hall–Kier alpha value is -2.80. The molecule has 0 fully saturated rings. The van der Waals surface area contributed by atoms with Crippen LogP contribution in [0.25, 0.3) is 16.9 Å². The first-order chi connectivity index (χ1) is 11.8. The van der Waals surface area contributed by atoms with Gasteiger partial charge in [-0.3, -0.25) is 4.79 Å². The molecule has 2 aromatic carbocycles. The molecule has 0 unspecified atom stereocenters. The number of carbonyl (C=O) groups is 1. The molecule has 0 radical (unpaired) electrons. The van der Waals surface area contributed by atoms with Gasteiger partial charge in [-0.2, -0.15) is 13.2 Å². The first-order valence-corrected chi connectivity index (χ1v) is 7.52. The van der Waals surface area contributed by atoms with Crippen LogP contribution in [0.2, 0.25) is 5.02 Å².